The number of carbonyl (C=O) groups excluding carboxylic acids is 1. The Balaban J connectivity index is 1.64. The Kier molecular flexibility index (Phi) is 3.90. The van der Waals surface area contributed by atoms with Gasteiger partial charge in [0.2, 0.25) is 0 Å². The highest BCUT2D eigenvalue weighted by atomic mass is 19.1. The number of para-hydroxylation sites is 1. The van der Waals surface area contributed by atoms with Crippen molar-refractivity contribution in [3.05, 3.63) is 36.2 Å². The molecule has 0 spiro atoms. The molecule has 2 amide bonds. The van der Waals surface area contributed by atoms with Crippen molar-refractivity contribution >= 4 is 11.7 Å². The standard InChI is InChI=1S/C14H16FN5O2/c1-22-11-4-2-3-10(15)13(11)19-14(21)18-9-5-6-12-16-8-17-20(12)7-9/h2-4,8-9H,5-7H2,1H3,(H2,18,19,21). The smallest absolute Gasteiger partial charge is 0.319 e. The summed E-state index contributed by atoms with van der Waals surface area (Å²) in [5, 5.41) is 9.41. The number of rotatable bonds is 3. The van der Waals surface area contributed by atoms with Crippen LogP contribution < -0.4 is 15.4 Å². The van der Waals surface area contributed by atoms with Crippen molar-refractivity contribution in [2.45, 2.75) is 25.4 Å². The highest BCUT2D eigenvalue weighted by molar-refractivity contribution is 5.91. The number of aryl methyl sites for hydroxylation is 1. The molecule has 0 bridgehead atoms. The summed E-state index contributed by atoms with van der Waals surface area (Å²) in [5.41, 5.74) is 0.0276. The number of anilines is 1. The average molecular weight is 305 g/mol. The van der Waals surface area contributed by atoms with Crippen LogP contribution in [0.15, 0.2) is 24.5 Å². The SMILES string of the molecule is COc1cccc(F)c1NC(=O)NC1CCc2ncnn2C1. The van der Waals surface area contributed by atoms with Gasteiger partial charge in [-0.1, -0.05) is 6.07 Å². The number of amides is 2. The van der Waals surface area contributed by atoms with Crippen molar-refractivity contribution in [2.75, 3.05) is 12.4 Å². The van der Waals surface area contributed by atoms with Gasteiger partial charge in [0, 0.05) is 6.42 Å². The highest BCUT2D eigenvalue weighted by Gasteiger charge is 2.22. The van der Waals surface area contributed by atoms with Crippen LogP contribution in [0.25, 0.3) is 0 Å². The van der Waals surface area contributed by atoms with E-state index in [9.17, 15) is 9.18 Å². The molecule has 0 fully saturated rings. The van der Waals surface area contributed by atoms with Crippen LogP contribution in [0.5, 0.6) is 5.75 Å². The lowest BCUT2D eigenvalue weighted by molar-refractivity contribution is 0.243. The summed E-state index contributed by atoms with van der Waals surface area (Å²) in [5.74, 6) is 0.642. The van der Waals surface area contributed by atoms with E-state index >= 15 is 0 Å². The fourth-order valence-corrected chi connectivity index (χ4v) is 2.49. The summed E-state index contributed by atoms with van der Waals surface area (Å²) in [6.45, 7) is 0.553. The van der Waals surface area contributed by atoms with Gasteiger partial charge >= 0.3 is 6.03 Å². The first-order valence-electron chi connectivity index (χ1n) is 6.94. The van der Waals surface area contributed by atoms with Gasteiger partial charge in [0.1, 0.15) is 23.6 Å². The van der Waals surface area contributed by atoms with E-state index in [2.05, 4.69) is 20.7 Å². The van der Waals surface area contributed by atoms with Gasteiger partial charge in [-0.3, -0.25) is 0 Å². The molecule has 1 aromatic carbocycles. The van der Waals surface area contributed by atoms with Crippen LogP contribution in [0.4, 0.5) is 14.9 Å². The Bertz CT molecular complexity index is 688. The molecule has 3 rings (SSSR count). The minimum atomic E-state index is -0.545. The molecule has 0 aliphatic carbocycles. The molecule has 0 saturated carbocycles. The van der Waals surface area contributed by atoms with Crippen molar-refractivity contribution in [1.29, 1.82) is 0 Å². The molecule has 22 heavy (non-hydrogen) atoms. The van der Waals surface area contributed by atoms with E-state index in [-0.39, 0.29) is 17.5 Å². The fourth-order valence-electron chi connectivity index (χ4n) is 2.49. The van der Waals surface area contributed by atoms with Gasteiger partial charge < -0.3 is 15.4 Å². The van der Waals surface area contributed by atoms with Gasteiger partial charge in [-0.05, 0) is 18.6 Å². The maximum Gasteiger partial charge on any atom is 0.319 e. The number of aromatic nitrogens is 3. The number of urea groups is 1. The van der Waals surface area contributed by atoms with Gasteiger partial charge in [0.25, 0.3) is 0 Å². The second kappa shape index (κ2) is 6.00. The lowest BCUT2D eigenvalue weighted by atomic mass is 10.1. The van der Waals surface area contributed by atoms with Crippen LogP contribution in [-0.2, 0) is 13.0 Å². The van der Waals surface area contributed by atoms with E-state index in [0.29, 0.717) is 6.54 Å². The minimum Gasteiger partial charge on any atom is -0.494 e. The zero-order chi connectivity index (χ0) is 15.5. The van der Waals surface area contributed by atoms with Gasteiger partial charge in [0.15, 0.2) is 5.82 Å². The summed E-state index contributed by atoms with van der Waals surface area (Å²) >= 11 is 0. The number of hydrogen-bond donors (Lipinski definition) is 2. The Morgan fingerprint density at radius 2 is 2.36 bits per heavy atom. The van der Waals surface area contributed by atoms with Crippen molar-refractivity contribution < 1.29 is 13.9 Å². The fraction of sp³-hybridized carbons (Fsp3) is 0.357. The largest absolute Gasteiger partial charge is 0.494 e. The summed E-state index contributed by atoms with van der Waals surface area (Å²) in [7, 11) is 1.42. The molecule has 1 atom stereocenters. The van der Waals surface area contributed by atoms with E-state index in [0.717, 1.165) is 18.7 Å². The third kappa shape index (κ3) is 2.85. The predicted molar refractivity (Wildman–Crippen MR) is 77.2 cm³/mol. The highest BCUT2D eigenvalue weighted by Crippen LogP contribution is 2.26. The van der Waals surface area contributed by atoms with E-state index in [1.54, 1.807) is 10.7 Å². The lowest BCUT2D eigenvalue weighted by Crippen LogP contribution is -2.43. The van der Waals surface area contributed by atoms with Crippen LogP contribution in [0, 0.1) is 5.82 Å². The first-order chi connectivity index (χ1) is 10.7. The van der Waals surface area contributed by atoms with Crippen LogP contribution in [-0.4, -0.2) is 33.9 Å². The van der Waals surface area contributed by atoms with Gasteiger partial charge in [-0.2, -0.15) is 5.10 Å². The van der Waals surface area contributed by atoms with E-state index in [1.807, 2.05) is 0 Å². The molecule has 2 aromatic rings. The van der Waals surface area contributed by atoms with E-state index in [1.165, 1.54) is 25.6 Å². The lowest BCUT2D eigenvalue weighted by Gasteiger charge is -2.23. The summed E-state index contributed by atoms with van der Waals surface area (Å²) in [4.78, 5) is 16.2. The number of hydrogen-bond acceptors (Lipinski definition) is 4. The third-order valence-electron chi connectivity index (χ3n) is 3.57. The molecule has 1 aliphatic heterocycles. The van der Waals surface area contributed by atoms with Crippen LogP contribution in [0.2, 0.25) is 0 Å². The molecular formula is C14H16FN5O2. The molecule has 2 heterocycles. The predicted octanol–water partition coefficient (Wildman–Crippen LogP) is 1.56. The minimum absolute atomic E-state index is 0.0276. The molecule has 1 aliphatic rings. The van der Waals surface area contributed by atoms with Crippen molar-refractivity contribution in [3.63, 3.8) is 0 Å². The molecule has 2 N–H and O–H groups in total. The van der Waals surface area contributed by atoms with Crippen molar-refractivity contribution in [1.82, 2.24) is 20.1 Å². The average Bonchev–Trinajstić information content (AvgIpc) is 2.97. The summed E-state index contributed by atoms with van der Waals surface area (Å²) < 4.78 is 20.6. The first kappa shape index (κ1) is 14.3. The van der Waals surface area contributed by atoms with Crippen molar-refractivity contribution in [2.24, 2.45) is 0 Å². The molecule has 0 radical (unpaired) electrons. The molecule has 1 unspecified atom stereocenters. The Morgan fingerprint density at radius 3 is 3.18 bits per heavy atom. The van der Waals surface area contributed by atoms with E-state index < -0.39 is 11.8 Å². The van der Waals surface area contributed by atoms with Crippen LogP contribution >= 0.6 is 0 Å². The molecule has 7 nitrogen and oxygen atoms in total. The number of benzene rings is 1. The number of carbonyl (C=O) groups is 1. The maximum atomic E-state index is 13.8. The second-order valence-electron chi connectivity index (χ2n) is 5.01. The van der Waals surface area contributed by atoms with Crippen LogP contribution in [0.3, 0.4) is 0 Å². The third-order valence-corrected chi connectivity index (χ3v) is 3.57. The first-order valence-corrected chi connectivity index (χ1v) is 6.94. The molecule has 8 heteroatoms. The normalized spacial score (nSPS) is 16.7. The monoisotopic (exact) mass is 305 g/mol. The zero-order valence-electron chi connectivity index (χ0n) is 12.0. The van der Waals surface area contributed by atoms with Gasteiger partial charge in [-0.15, -0.1) is 0 Å². The van der Waals surface area contributed by atoms with Crippen LogP contribution in [0.1, 0.15) is 12.2 Å². The topological polar surface area (TPSA) is 81.1 Å². The summed E-state index contributed by atoms with van der Waals surface area (Å²) in [6, 6.07) is 3.82. The number of nitrogens with zero attached hydrogens (tertiary/aromatic N) is 3. The number of ether oxygens (including phenoxy) is 1. The van der Waals surface area contributed by atoms with Gasteiger partial charge in [-0.25, -0.2) is 18.9 Å². The Morgan fingerprint density at radius 1 is 1.50 bits per heavy atom. The molecule has 116 valence electrons. The zero-order valence-corrected chi connectivity index (χ0v) is 12.0. The Hall–Kier alpha value is -2.64. The van der Waals surface area contributed by atoms with Gasteiger partial charge in [0.05, 0.1) is 19.7 Å². The van der Waals surface area contributed by atoms with E-state index in [4.69, 9.17) is 4.74 Å². The Labute approximate surface area is 126 Å². The molecular weight excluding hydrogens is 289 g/mol. The van der Waals surface area contributed by atoms with Crippen molar-refractivity contribution in [3.8, 4) is 5.75 Å². The second-order valence-corrected chi connectivity index (χ2v) is 5.01. The number of fused-ring (bicyclic) bond motifs is 1. The number of methoxy groups -OCH3 is 1. The maximum absolute atomic E-state index is 13.8. The summed E-state index contributed by atoms with van der Waals surface area (Å²) in [6.07, 6.45) is 3.01. The number of halogens is 1. The number of nitrogens with one attached hydrogen (secondary N) is 2. The molecule has 1 aromatic heterocycles. The quantitative estimate of drug-likeness (QED) is 0.902. The molecule has 0 saturated heterocycles.